The number of aliphatic hydroxyl groups excluding tert-OH is 2. The lowest BCUT2D eigenvalue weighted by Gasteiger charge is -2.37. The van der Waals surface area contributed by atoms with E-state index < -0.39 is 6.29 Å². The molecule has 2 fully saturated rings. The van der Waals surface area contributed by atoms with Crippen molar-refractivity contribution < 1.29 is 24.5 Å². The van der Waals surface area contributed by atoms with Crippen molar-refractivity contribution in [3.8, 4) is 11.1 Å². The van der Waals surface area contributed by atoms with Crippen molar-refractivity contribution in [3.63, 3.8) is 0 Å². The molecule has 47 heavy (non-hydrogen) atoms. The molecule has 0 aliphatic carbocycles. The molecule has 4 atom stereocenters. The molecular formula is C38H38N4O5. The Bertz CT molecular complexity index is 1830. The van der Waals surface area contributed by atoms with Crippen LogP contribution in [0.2, 0.25) is 0 Å². The monoisotopic (exact) mass is 630 g/mol. The van der Waals surface area contributed by atoms with Crippen molar-refractivity contribution >= 4 is 16.9 Å². The van der Waals surface area contributed by atoms with Crippen LogP contribution in [0.4, 0.5) is 0 Å². The van der Waals surface area contributed by atoms with Crippen LogP contribution in [0.15, 0.2) is 103 Å². The number of nitrogens with zero attached hydrogens (tertiary/aromatic N) is 3. The van der Waals surface area contributed by atoms with Crippen molar-refractivity contribution in [3.05, 3.63) is 131 Å². The summed E-state index contributed by atoms with van der Waals surface area (Å²) in [6.45, 7) is 2.62. The van der Waals surface area contributed by atoms with Gasteiger partial charge in [0.15, 0.2) is 6.29 Å². The molecule has 0 bridgehead atoms. The normalized spacial score (nSPS) is 21.6. The summed E-state index contributed by atoms with van der Waals surface area (Å²) >= 11 is 0. The highest BCUT2D eigenvalue weighted by molar-refractivity contribution is 5.93. The molecule has 5 aromatic rings. The van der Waals surface area contributed by atoms with Gasteiger partial charge in [0, 0.05) is 38.2 Å². The minimum Gasteiger partial charge on any atom is -0.392 e. The molecule has 1 aromatic heterocycles. The van der Waals surface area contributed by atoms with Crippen LogP contribution in [0.25, 0.3) is 22.2 Å². The maximum absolute atomic E-state index is 12.8. The van der Waals surface area contributed by atoms with Gasteiger partial charge >= 0.3 is 0 Å². The van der Waals surface area contributed by atoms with E-state index in [9.17, 15) is 15.0 Å². The number of likely N-dealkylation sites (tertiary alicyclic amines) is 1. The molecule has 3 N–H and O–H groups in total. The first kappa shape index (κ1) is 31.1. The minimum atomic E-state index is -0.544. The second kappa shape index (κ2) is 14.1. The lowest BCUT2D eigenvalue weighted by molar-refractivity contribution is -0.252. The molecule has 9 heteroatoms. The summed E-state index contributed by atoms with van der Waals surface area (Å²) in [6, 6.07) is 31.7. The number of aliphatic hydroxyl groups is 2. The molecule has 0 spiro atoms. The van der Waals surface area contributed by atoms with E-state index in [4.69, 9.17) is 9.47 Å². The van der Waals surface area contributed by atoms with Crippen LogP contribution in [0.3, 0.4) is 0 Å². The number of ether oxygens (including phenoxy) is 2. The fourth-order valence-corrected chi connectivity index (χ4v) is 6.33. The molecule has 2 aliphatic rings. The second-order valence-electron chi connectivity index (χ2n) is 12.3. The van der Waals surface area contributed by atoms with Crippen molar-refractivity contribution in [2.24, 2.45) is 0 Å². The predicted molar refractivity (Wildman–Crippen MR) is 178 cm³/mol. The van der Waals surface area contributed by atoms with Gasteiger partial charge in [-0.15, -0.1) is 0 Å². The number of carbonyl (C=O) groups is 1. The number of aromatic nitrogens is 2. The number of β-amino-alcohol motifs (C(OH)–C–C–N with tert-alkyl or cyclic N) is 1. The quantitative estimate of drug-likeness (QED) is 0.200. The highest BCUT2D eigenvalue weighted by Gasteiger charge is 2.34. The van der Waals surface area contributed by atoms with Gasteiger partial charge in [0.05, 0.1) is 42.1 Å². The third-order valence-electron chi connectivity index (χ3n) is 8.90. The van der Waals surface area contributed by atoms with E-state index in [2.05, 4.69) is 44.5 Å². The molecule has 2 aliphatic heterocycles. The van der Waals surface area contributed by atoms with Crippen LogP contribution >= 0.6 is 0 Å². The van der Waals surface area contributed by atoms with Crippen molar-refractivity contribution in [1.82, 2.24) is 20.2 Å². The standard InChI is InChI=1S/C38H38N4O5/c43-24-25-8-10-28(11-9-25)36-19-32(23-42-17-16-31(44)22-42)46-38(47-36)29-14-12-27(13-15-29)30-5-3-4-26(18-30)20-40-37(45)35-21-39-33-6-1-2-7-34(33)41-35/h1-15,18,21,31-32,36,38,43-44H,16-17,19-20,22-24H2,(H,40,45). The molecule has 4 unspecified atom stereocenters. The molecule has 9 nitrogen and oxygen atoms in total. The minimum absolute atomic E-state index is 0.00185. The van der Waals surface area contributed by atoms with Gasteiger partial charge in [-0.3, -0.25) is 14.7 Å². The Labute approximate surface area is 273 Å². The van der Waals surface area contributed by atoms with Crippen LogP contribution in [0.1, 0.15) is 58.0 Å². The molecule has 1 amide bonds. The summed E-state index contributed by atoms with van der Waals surface area (Å²) in [5.41, 5.74) is 7.60. The first-order chi connectivity index (χ1) is 23.0. The molecule has 7 rings (SSSR count). The molecule has 3 heterocycles. The lowest BCUT2D eigenvalue weighted by atomic mass is 9.99. The number of rotatable bonds is 9. The van der Waals surface area contributed by atoms with Gasteiger partial charge in [-0.1, -0.05) is 78.9 Å². The Morgan fingerprint density at radius 3 is 2.43 bits per heavy atom. The van der Waals surface area contributed by atoms with Crippen molar-refractivity contribution in [2.75, 3.05) is 19.6 Å². The summed E-state index contributed by atoms with van der Waals surface area (Å²) in [5, 5.41) is 22.5. The van der Waals surface area contributed by atoms with Crippen LogP contribution in [0.5, 0.6) is 0 Å². The van der Waals surface area contributed by atoms with Crippen LogP contribution in [0, 0.1) is 0 Å². The topological polar surface area (TPSA) is 117 Å². The Morgan fingerprint density at radius 1 is 0.872 bits per heavy atom. The number of hydrogen-bond acceptors (Lipinski definition) is 8. The van der Waals surface area contributed by atoms with Gasteiger partial charge < -0.3 is 25.0 Å². The fourth-order valence-electron chi connectivity index (χ4n) is 6.33. The van der Waals surface area contributed by atoms with Gasteiger partial charge in [-0.05, 0) is 52.4 Å². The predicted octanol–water partition coefficient (Wildman–Crippen LogP) is 5.33. The SMILES string of the molecule is O=C(NCc1cccc(-c2ccc(C3OC(CN4CCC(O)C4)CC(c4ccc(CO)cc4)O3)cc2)c1)c1cnc2ccccc2n1. The summed E-state index contributed by atoms with van der Waals surface area (Å²) in [6.07, 6.45) is 1.94. The molecule has 2 saturated heterocycles. The first-order valence-corrected chi connectivity index (χ1v) is 16.1. The number of fused-ring (bicyclic) bond motifs is 1. The Kier molecular flexibility index (Phi) is 9.32. The Balaban J connectivity index is 1.03. The van der Waals surface area contributed by atoms with E-state index in [0.717, 1.165) is 58.4 Å². The number of amides is 1. The van der Waals surface area contributed by atoms with Gasteiger partial charge in [0.25, 0.3) is 5.91 Å². The third kappa shape index (κ3) is 7.40. The largest absolute Gasteiger partial charge is 0.392 e. The number of benzene rings is 4. The maximum Gasteiger partial charge on any atom is 0.271 e. The molecule has 0 saturated carbocycles. The zero-order chi connectivity index (χ0) is 32.2. The van der Waals surface area contributed by atoms with E-state index in [1.165, 1.54) is 6.20 Å². The Morgan fingerprint density at radius 2 is 1.66 bits per heavy atom. The summed E-state index contributed by atoms with van der Waals surface area (Å²) in [7, 11) is 0. The first-order valence-electron chi connectivity index (χ1n) is 16.1. The smallest absolute Gasteiger partial charge is 0.271 e. The van der Waals surface area contributed by atoms with Crippen LogP contribution in [-0.2, 0) is 22.6 Å². The average molecular weight is 631 g/mol. The lowest BCUT2D eigenvalue weighted by Crippen LogP contribution is -2.38. The fraction of sp³-hybridized carbons (Fsp3) is 0.289. The zero-order valence-electron chi connectivity index (χ0n) is 26.0. The van der Waals surface area contributed by atoms with E-state index in [-0.39, 0.29) is 36.5 Å². The number of nitrogens with one attached hydrogen (secondary N) is 1. The number of hydrogen-bond donors (Lipinski definition) is 3. The summed E-state index contributed by atoms with van der Waals surface area (Å²) in [4.78, 5) is 23.9. The van der Waals surface area contributed by atoms with Crippen molar-refractivity contribution in [1.29, 1.82) is 0 Å². The van der Waals surface area contributed by atoms with Gasteiger partial charge in [-0.25, -0.2) is 4.98 Å². The molecule has 240 valence electrons. The molecule has 0 radical (unpaired) electrons. The van der Waals surface area contributed by atoms with E-state index >= 15 is 0 Å². The van der Waals surface area contributed by atoms with Gasteiger partial charge in [0.2, 0.25) is 0 Å². The van der Waals surface area contributed by atoms with Crippen molar-refractivity contribution in [2.45, 2.75) is 50.6 Å². The average Bonchev–Trinajstić information content (AvgIpc) is 3.54. The summed E-state index contributed by atoms with van der Waals surface area (Å²) < 4.78 is 13.0. The summed E-state index contributed by atoms with van der Waals surface area (Å²) in [5.74, 6) is -0.271. The maximum atomic E-state index is 12.8. The third-order valence-corrected chi connectivity index (χ3v) is 8.90. The van der Waals surface area contributed by atoms with E-state index in [1.54, 1.807) is 0 Å². The van der Waals surface area contributed by atoms with Crippen LogP contribution in [-0.4, -0.2) is 62.8 Å². The highest BCUT2D eigenvalue weighted by Crippen LogP contribution is 2.39. The van der Waals surface area contributed by atoms with Crippen LogP contribution < -0.4 is 5.32 Å². The highest BCUT2D eigenvalue weighted by atomic mass is 16.7. The van der Waals surface area contributed by atoms with E-state index in [1.807, 2.05) is 72.8 Å². The van der Waals surface area contributed by atoms with Gasteiger partial charge in [-0.2, -0.15) is 0 Å². The Hall–Kier alpha value is -4.51. The molecule has 4 aromatic carbocycles. The van der Waals surface area contributed by atoms with Gasteiger partial charge in [0.1, 0.15) is 5.69 Å². The zero-order valence-corrected chi connectivity index (χ0v) is 26.0. The molecular weight excluding hydrogens is 592 g/mol. The second-order valence-corrected chi connectivity index (χ2v) is 12.3. The van der Waals surface area contributed by atoms with E-state index in [0.29, 0.717) is 25.0 Å². The number of carbonyl (C=O) groups excluding carboxylic acids is 1. The number of para-hydroxylation sites is 2.